The zero-order valence-corrected chi connectivity index (χ0v) is 10.8. The monoisotopic (exact) mass is 221 g/mol. The van der Waals surface area contributed by atoms with E-state index in [9.17, 15) is 0 Å². The molecule has 3 heteroatoms. The third-order valence-corrected chi connectivity index (χ3v) is 3.56. The van der Waals surface area contributed by atoms with Gasteiger partial charge in [0.1, 0.15) is 5.82 Å². The number of rotatable bonds is 3. The first-order chi connectivity index (χ1) is 7.65. The lowest BCUT2D eigenvalue weighted by molar-refractivity contribution is 0.360. The van der Waals surface area contributed by atoms with Crippen LogP contribution in [0.1, 0.15) is 64.6 Å². The minimum Gasteiger partial charge on any atom is -0.367 e. The second-order valence-corrected chi connectivity index (χ2v) is 5.10. The number of aromatic nitrogens is 2. The summed E-state index contributed by atoms with van der Waals surface area (Å²) in [4.78, 5) is 0. The third-order valence-electron chi connectivity index (χ3n) is 3.56. The van der Waals surface area contributed by atoms with Crippen molar-refractivity contribution in [1.82, 2.24) is 9.78 Å². The molecule has 0 bridgehead atoms. The Hall–Kier alpha value is -0.990. The van der Waals surface area contributed by atoms with Gasteiger partial charge < -0.3 is 5.32 Å². The van der Waals surface area contributed by atoms with Crippen molar-refractivity contribution >= 4 is 5.82 Å². The van der Waals surface area contributed by atoms with Crippen LogP contribution in [-0.4, -0.2) is 15.8 Å². The van der Waals surface area contributed by atoms with Crippen molar-refractivity contribution in [3.05, 3.63) is 11.8 Å². The van der Waals surface area contributed by atoms with Gasteiger partial charge in [-0.25, -0.2) is 4.68 Å². The maximum atomic E-state index is 4.73. The topological polar surface area (TPSA) is 29.9 Å². The second kappa shape index (κ2) is 4.48. The smallest absolute Gasteiger partial charge is 0.125 e. The van der Waals surface area contributed by atoms with Crippen molar-refractivity contribution in [2.75, 3.05) is 5.32 Å². The number of nitrogens with one attached hydrogen (secondary N) is 1. The highest BCUT2D eigenvalue weighted by Gasteiger charge is 2.26. The second-order valence-electron chi connectivity index (χ2n) is 5.10. The number of fused-ring (bicyclic) bond motifs is 1. The van der Waals surface area contributed by atoms with E-state index < -0.39 is 0 Å². The summed E-state index contributed by atoms with van der Waals surface area (Å²) in [6, 6.07) is 3.41. The summed E-state index contributed by atoms with van der Waals surface area (Å²) in [6.45, 7) is 8.90. The Bertz CT molecular complexity index is 354. The number of hydrogen-bond donors (Lipinski definition) is 1. The summed E-state index contributed by atoms with van der Waals surface area (Å²) < 4.78 is 2.20. The first kappa shape index (κ1) is 11.5. The van der Waals surface area contributed by atoms with Gasteiger partial charge in [-0.15, -0.1) is 0 Å². The van der Waals surface area contributed by atoms with E-state index in [1.54, 1.807) is 0 Å². The Morgan fingerprint density at radius 1 is 1.44 bits per heavy atom. The van der Waals surface area contributed by atoms with Crippen LogP contribution in [0.2, 0.25) is 0 Å². The van der Waals surface area contributed by atoms with Crippen LogP contribution in [0, 0.1) is 0 Å². The summed E-state index contributed by atoms with van der Waals surface area (Å²) >= 11 is 0. The Labute approximate surface area is 98.2 Å². The highest BCUT2D eigenvalue weighted by atomic mass is 15.4. The van der Waals surface area contributed by atoms with Crippen molar-refractivity contribution in [2.45, 2.75) is 65.0 Å². The Balaban J connectivity index is 2.31. The molecular weight excluding hydrogens is 198 g/mol. The number of anilines is 1. The van der Waals surface area contributed by atoms with Crippen molar-refractivity contribution in [3.63, 3.8) is 0 Å². The van der Waals surface area contributed by atoms with Crippen LogP contribution in [0.25, 0.3) is 0 Å². The lowest BCUT2D eigenvalue weighted by atomic mass is 10.0. The fourth-order valence-electron chi connectivity index (χ4n) is 2.39. The molecule has 0 saturated heterocycles. The predicted octanol–water partition coefficient (Wildman–Crippen LogP) is 3.55. The van der Waals surface area contributed by atoms with E-state index in [1.807, 2.05) is 0 Å². The van der Waals surface area contributed by atoms with Gasteiger partial charge in [0, 0.05) is 12.1 Å². The average Bonchev–Trinajstić information content (AvgIpc) is 2.71. The molecule has 1 aliphatic heterocycles. The van der Waals surface area contributed by atoms with Crippen LogP contribution in [-0.2, 0) is 0 Å². The van der Waals surface area contributed by atoms with Gasteiger partial charge in [-0.3, -0.25) is 0 Å². The predicted molar refractivity (Wildman–Crippen MR) is 68.0 cm³/mol. The molecule has 0 aliphatic carbocycles. The number of nitrogens with zero attached hydrogens (tertiary/aromatic N) is 2. The molecule has 1 N–H and O–H groups in total. The van der Waals surface area contributed by atoms with Crippen LogP contribution in [0.15, 0.2) is 6.07 Å². The largest absolute Gasteiger partial charge is 0.367 e. The molecule has 90 valence electrons. The first-order valence-electron chi connectivity index (χ1n) is 6.51. The van der Waals surface area contributed by atoms with Gasteiger partial charge in [0.2, 0.25) is 0 Å². The van der Waals surface area contributed by atoms with Gasteiger partial charge in [-0.05, 0) is 25.2 Å². The van der Waals surface area contributed by atoms with E-state index in [0.717, 1.165) is 0 Å². The molecule has 0 radical (unpaired) electrons. The van der Waals surface area contributed by atoms with E-state index in [1.165, 1.54) is 30.8 Å². The normalized spacial score (nSPS) is 24.3. The zero-order chi connectivity index (χ0) is 11.7. The molecule has 0 aromatic carbocycles. The Morgan fingerprint density at radius 3 is 2.75 bits per heavy atom. The summed E-state index contributed by atoms with van der Waals surface area (Å²) in [6.07, 6.45) is 3.57. The maximum Gasteiger partial charge on any atom is 0.125 e. The third kappa shape index (κ3) is 1.95. The molecule has 2 rings (SSSR count). The molecule has 16 heavy (non-hydrogen) atoms. The van der Waals surface area contributed by atoms with Crippen molar-refractivity contribution in [2.24, 2.45) is 0 Å². The number of hydrogen-bond acceptors (Lipinski definition) is 2. The van der Waals surface area contributed by atoms with E-state index in [-0.39, 0.29) is 0 Å². The van der Waals surface area contributed by atoms with Crippen LogP contribution >= 0.6 is 0 Å². The molecular formula is C13H23N3. The minimum absolute atomic E-state index is 0.512. The Kier molecular flexibility index (Phi) is 3.22. The summed E-state index contributed by atoms with van der Waals surface area (Å²) in [5.41, 5.74) is 1.21. The molecule has 0 amide bonds. The molecule has 2 heterocycles. The zero-order valence-electron chi connectivity index (χ0n) is 10.8. The van der Waals surface area contributed by atoms with Gasteiger partial charge in [-0.2, -0.15) is 5.10 Å². The molecule has 2 unspecified atom stereocenters. The SMILES string of the molecule is CCC1CC(CC)n2nc(C(C)C)cc2N1. The summed E-state index contributed by atoms with van der Waals surface area (Å²) in [5.74, 6) is 1.73. The molecule has 0 saturated carbocycles. The molecule has 2 atom stereocenters. The lowest BCUT2D eigenvalue weighted by Gasteiger charge is -2.31. The van der Waals surface area contributed by atoms with E-state index in [0.29, 0.717) is 18.0 Å². The van der Waals surface area contributed by atoms with Crippen LogP contribution in [0.4, 0.5) is 5.82 Å². The van der Waals surface area contributed by atoms with Gasteiger partial charge in [-0.1, -0.05) is 27.7 Å². The minimum atomic E-state index is 0.512. The maximum absolute atomic E-state index is 4.73. The molecule has 0 spiro atoms. The summed E-state index contributed by atoms with van der Waals surface area (Å²) in [5, 5.41) is 8.31. The Morgan fingerprint density at radius 2 is 2.19 bits per heavy atom. The van der Waals surface area contributed by atoms with E-state index >= 15 is 0 Å². The molecule has 3 nitrogen and oxygen atoms in total. The molecule has 0 fully saturated rings. The molecule has 1 aromatic heterocycles. The van der Waals surface area contributed by atoms with Gasteiger partial charge in [0.15, 0.2) is 0 Å². The highest BCUT2D eigenvalue weighted by Crippen LogP contribution is 2.32. The van der Waals surface area contributed by atoms with Crippen molar-refractivity contribution < 1.29 is 0 Å². The van der Waals surface area contributed by atoms with E-state index in [4.69, 9.17) is 5.10 Å². The van der Waals surface area contributed by atoms with Crippen LogP contribution in [0.5, 0.6) is 0 Å². The van der Waals surface area contributed by atoms with Gasteiger partial charge >= 0.3 is 0 Å². The highest BCUT2D eigenvalue weighted by molar-refractivity contribution is 5.41. The van der Waals surface area contributed by atoms with Gasteiger partial charge in [0.05, 0.1) is 11.7 Å². The molecule has 1 aromatic rings. The van der Waals surface area contributed by atoms with Crippen molar-refractivity contribution in [3.8, 4) is 0 Å². The summed E-state index contributed by atoms with van der Waals surface area (Å²) in [7, 11) is 0. The van der Waals surface area contributed by atoms with E-state index in [2.05, 4.69) is 43.8 Å². The quantitative estimate of drug-likeness (QED) is 0.846. The van der Waals surface area contributed by atoms with Crippen LogP contribution < -0.4 is 5.32 Å². The fourth-order valence-corrected chi connectivity index (χ4v) is 2.39. The first-order valence-corrected chi connectivity index (χ1v) is 6.51. The fraction of sp³-hybridized carbons (Fsp3) is 0.769. The van der Waals surface area contributed by atoms with Crippen molar-refractivity contribution in [1.29, 1.82) is 0 Å². The van der Waals surface area contributed by atoms with Crippen LogP contribution in [0.3, 0.4) is 0 Å². The van der Waals surface area contributed by atoms with Gasteiger partial charge in [0.25, 0.3) is 0 Å². The lowest BCUT2D eigenvalue weighted by Crippen LogP contribution is -2.31. The average molecular weight is 221 g/mol. The standard InChI is InChI=1S/C13H23N3/c1-5-10-7-11(6-2)16-13(14-10)8-12(15-16)9(3)4/h8-11,14H,5-7H2,1-4H3. The molecule has 1 aliphatic rings.